The number of nitrogens with one attached hydrogen (secondary N) is 2. The van der Waals surface area contributed by atoms with Crippen LogP contribution in [0, 0.1) is 0 Å². The van der Waals surface area contributed by atoms with Crippen molar-refractivity contribution in [1.29, 1.82) is 0 Å². The zero-order chi connectivity index (χ0) is 15.8. The van der Waals surface area contributed by atoms with E-state index in [0.717, 1.165) is 38.5 Å². The van der Waals surface area contributed by atoms with E-state index < -0.39 is 11.8 Å². The number of aliphatic hydroxyl groups is 1. The van der Waals surface area contributed by atoms with Gasteiger partial charge < -0.3 is 15.7 Å². The quantitative estimate of drug-likeness (QED) is 0.292. The van der Waals surface area contributed by atoms with Gasteiger partial charge in [-0.05, 0) is 38.5 Å². The molecule has 0 aromatic heterocycles. The molecule has 0 radical (unpaired) electrons. The fourth-order valence-corrected chi connectivity index (χ4v) is 1.92. The first kappa shape index (κ1) is 19.6. The number of hydrogen-bond acceptors (Lipinski definition) is 3. The smallest absolute Gasteiger partial charge is 0.309 e. The van der Waals surface area contributed by atoms with Gasteiger partial charge in [0.2, 0.25) is 0 Å². The summed E-state index contributed by atoms with van der Waals surface area (Å²) in [5, 5.41) is 13.5. The monoisotopic (exact) mass is 298 g/mol. The van der Waals surface area contributed by atoms with Crippen molar-refractivity contribution in [3.05, 3.63) is 12.2 Å². The molecule has 2 amide bonds. The fraction of sp³-hybridized carbons (Fsp3) is 0.750. The van der Waals surface area contributed by atoms with E-state index in [-0.39, 0.29) is 0 Å². The van der Waals surface area contributed by atoms with Crippen LogP contribution in [0.3, 0.4) is 0 Å². The predicted octanol–water partition coefficient (Wildman–Crippen LogP) is 1.91. The van der Waals surface area contributed by atoms with Crippen molar-refractivity contribution in [1.82, 2.24) is 10.6 Å². The molecule has 0 atom stereocenters. The third kappa shape index (κ3) is 13.4. The maximum atomic E-state index is 11.1. The molecule has 0 heterocycles. The molecule has 21 heavy (non-hydrogen) atoms. The summed E-state index contributed by atoms with van der Waals surface area (Å²) in [6.07, 6.45) is 14.1. The van der Waals surface area contributed by atoms with Gasteiger partial charge in [-0.2, -0.15) is 0 Å². The standard InChI is InChI=1S/C16H30N2O3/c1-17-15(20)16(21)18-13-11-9-7-5-3-2-4-6-8-10-12-14-19/h3,5,19H,2,4,6-14H2,1H3,(H,17,20)(H,18,21). The molecule has 0 aliphatic carbocycles. The predicted molar refractivity (Wildman–Crippen MR) is 84.9 cm³/mol. The SMILES string of the molecule is CNC(=O)C(=O)NCCCCC=CCCCCCCCO. The third-order valence-corrected chi connectivity index (χ3v) is 3.21. The lowest BCUT2D eigenvalue weighted by atomic mass is 10.1. The Balaban J connectivity index is 3.26. The molecular weight excluding hydrogens is 268 g/mol. The summed E-state index contributed by atoms with van der Waals surface area (Å²) in [5.74, 6) is -1.15. The molecule has 122 valence electrons. The van der Waals surface area contributed by atoms with Gasteiger partial charge in [0.25, 0.3) is 0 Å². The molecule has 0 bridgehead atoms. The molecule has 3 N–H and O–H groups in total. The Morgan fingerprint density at radius 2 is 1.43 bits per heavy atom. The molecule has 0 aromatic carbocycles. The number of amides is 2. The van der Waals surface area contributed by atoms with Gasteiger partial charge in [0.1, 0.15) is 0 Å². The molecule has 0 rings (SSSR count). The molecule has 0 saturated heterocycles. The van der Waals surface area contributed by atoms with E-state index in [9.17, 15) is 9.59 Å². The molecule has 0 aliphatic rings. The van der Waals surface area contributed by atoms with Crippen molar-refractivity contribution in [3.8, 4) is 0 Å². The second-order valence-corrected chi connectivity index (χ2v) is 5.08. The van der Waals surface area contributed by atoms with Gasteiger partial charge in [0.05, 0.1) is 0 Å². The van der Waals surface area contributed by atoms with E-state index in [1.165, 1.54) is 26.3 Å². The van der Waals surface area contributed by atoms with Crippen LogP contribution in [0.1, 0.15) is 57.8 Å². The molecule has 5 nitrogen and oxygen atoms in total. The van der Waals surface area contributed by atoms with E-state index in [0.29, 0.717) is 13.2 Å². The Labute approximate surface area is 128 Å². The molecule has 5 heteroatoms. The Morgan fingerprint density at radius 1 is 0.857 bits per heavy atom. The minimum atomic E-state index is -0.589. The van der Waals surface area contributed by atoms with Crippen LogP contribution in [-0.2, 0) is 9.59 Å². The Hall–Kier alpha value is -1.36. The summed E-state index contributed by atoms with van der Waals surface area (Å²) in [6, 6.07) is 0. The number of carbonyl (C=O) groups is 2. The fourth-order valence-electron chi connectivity index (χ4n) is 1.92. The number of rotatable bonds is 12. The van der Waals surface area contributed by atoms with Crippen molar-refractivity contribution < 1.29 is 14.7 Å². The van der Waals surface area contributed by atoms with Gasteiger partial charge in [0, 0.05) is 20.2 Å². The molecule has 0 spiro atoms. The maximum Gasteiger partial charge on any atom is 0.309 e. The first-order valence-corrected chi connectivity index (χ1v) is 7.98. The normalized spacial score (nSPS) is 10.8. The third-order valence-electron chi connectivity index (χ3n) is 3.21. The average Bonchev–Trinajstić information content (AvgIpc) is 2.50. The first-order chi connectivity index (χ1) is 10.2. The zero-order valence-corrected chi connectivity index (χ0v) is 13.2. The summed E-state index contributed by atoms with van der Waals surface area (Å²) in [5.41, 5.74) is 0. The van der Waals surface area contributed by atoms with Gasteiger partial charge in [-0.1, -0.05) is 31.4 Å². The van der Waals surface area contributed by atoms with Crippen LogP contribution in [-0.4, -0.2) is 37.1 Å². The van der Waals surface area contributed by atoms with Gasteiger partial charge in [-0.15, -0.1) is 0 Å². The molecule has 0 aliphatic heterocycles. The van der Waals surface area contributed by atoms with E-state index in [1.54, 1.807) is 0 Å². The summed E-state index contributed by atoms with van der Waals surface area (Å²) in [7, 11) is 1.44. The minimum Gasteiger partial charge on any atom is -0.396 e. The van der Waals surface area contributed by atoms with Crippen LogP contribution in [0.15, 0.2) is 12.2 Å². The lowest BCUT2D eigenvalue weighted by Crippen LogP contribution is -2.38. The summed E-state index contributed by atoms with van der Waals surface area (Å²) in [4.78, 5) is 22.0. The molecule has 0 aromatic rings. The second kappa shape index (κ2) is 15.0. The van der Waals surface area contributed by atoms with E-state index in [2.05, 4.69) is 22.8 Å². The number of likely N-dealkylation sites (N-methyl/N-ethyl adjacent to an activating group) is 1. The van der Waals surface area contributed by atoms with Crippen LogP contribution < -0.4 is 10.6 Å². The minimum absolute atomic E-state index is 0.309. The van der Waals surface area contributed by atoms with Crippen LogP contribution in [0.2, 0.25) is 0 Å². The number of aliphatic hydroxyl groups excluding tert-OH is 1. The molecule has 0 saturated carbocycles. The topological polar surface area (TPSA) is 78.4 Å². The summed E-state index contributed by atoms with van der Waals surface area (Å²) in [6.45, 7) is 0.856. The van der Waals surface area contributed by atoms with Gasteiger partial charge in [-0.25, -0.2) is 0 Å². The Bertz CT molecular complexity index is 304. The number of carbonyl (C=O) groups excluding carboxylic acids is 2. The lowest BCUT2D eigenvalue weighted by molar-refractivity contribution is -0.138. The molecule has 0 unspecified atom stereocenters. The van der Waals surface area contributed by atoms with Crippen molar-refractivity contribution in [2.24, 2.45) is 0 Å². The first-order valence-electron chi connectivity index (χ1n) is 7.98. The number of hydrogen-bond donors (Lipinski definition) is 3. The second-order valence-electron chi connectivity index (χ2n) is 5.08. The van der Waals surface area contributed by atoms with Gasteiger partial charge in [-0.3, -0.25) is 9.59 Å². The largest absolute Gasteiger partial charge is 0.396 e. The highest BCUT2D eigenvalue weighted by Crippen LogP contribution is 2.06. The van der Waals surface area contributed by atoms with E-state index in [1.807, 2.05) is 0 Å². The van der Waals surface area contributed by atoms with Crippen LogP contribution in [0.4, 0.5) is 0 Å². The Kier molecular flexibility index (Phi) is 14.1. The summed E-state index contributed by atoms with van der Waals surface area (Å²) < 4.78 is 0. The van der Waals surface area contributed by atoms with Crippen molar-refractivity contribution in [2.45, 2.75) is 57.8 Å². The molecule has 0 fully saturated rings. The van der Waals surface area contributed by atoms with E-state index >= 15 is 0 Å². The average molecular weight is 298 g/mol. The summed E-state index contributed by atoms with van der Waals surface area (Å²) >= 11 is 0. The highest BCUT2D eigenvalue weighted by molar-refractivity contribution is 6.34. The Morgan fingerprint density at radius 3 is 2.05 bits per heavy atom. The van der Waals surface area contributed by atoms with Gasteiger partial charge in [0.15, 0.2) is 0 Å². The van der Waals surface area contributed by atoms with Crippen LogP contribution in [0.5, 0.6) is 0 Å². The number of allylic oxidation sites excluding steroid dienone is 2. The highest BCUT2D eigenvalue weighted by Gasteiger charge is 2.08. The number of unbranched alkanes of at least 4 members (excludes halogenated alkanes) is 7. The lowest BCUT2D eigenvalue weighted by Gasteiger charge is -2.02. The van der Waals surface area contributed by atoms with Crippen LogP contribution in [0.25, 0.3) is 0 Å². The van der Waals surface area contributed by atoms with Crippen LogP contribution >= 0.6 is 0 Å². The zero-order valence-electron chi connectivity index (χ0n) is 13.2. The van der Waals surface area contributed by atoms with Crippen molar-refractivity contribution in [2.75, 3.05) is 20.2 Å². The van der Waals surface area contributed by atoms with E-state index in [4.69, 9.17) is 5.11 Å². The van der Waals surface area contributed by atoms with Crippen molar-refractivity contribution in [3.63, 3.8) is 0 Å². The maximum absolute atomic E-state index is 11.1. The highest BCUT2D eigenvalue weighted by atomic mass is 16.3. The molecular formula is C16H30N2O3. The van der Waals surface area contributed by atoms with Crippen molar-refractivity contribution >= 4 is 11.8 Å². The van der Waals surface area contributed by atoms with Gasteiger partial charge >= 0.3 is 11.8 Å².